The minimum absolute atomic E-state index is 0.152. The molecule has 3 aromatic heterocycles. The van der Waals surface area contributed by atoms with Gasteiger partial charge in [0, 0.05) is 61.1 Å². The van der Waals surface area contributed by atoms with E-state index in [9.17, 15) is 0 Å². The molecule has 12 aromatic rings. The molecule has 0 bridgehead atoms. The SMILES string of the molecule is CC1(C)c2ccccc2-c2ccc(N(c3ccccc3)c3ccc4c(c3)c3cc(N(c5ccccc5)c5ccc6c(c5)C(C)(C)c5ccccc5-6)ccc3n4-c3ncnc4c3oc3ccccc34)cc21. The minimum Gasteiger partial charge on any atom is -0.450 e. The van der Waals surface area contributed by atoms with Crippen LogP contribution in [0.1, 0.15) is 49.9 Å². The molecule has 2 aliphatic rings. The lowest BCUT2D eigenvalue weighted by molar-refractivity contribution is 0.660. The minimum atomic E-state index is -0.152. The van der Waals surface area contributed by atoms with Crippen LogP contribution in [0.3, 0.4) is 0 Å². The van der Waals surface area contributed by atoms with E-state index in [4.69, 9.17) is 14.4 Å². The molecule has 0 atom stereocenters. The predicted molar refractivity (Wildman–Crippen MR) is 288 cm³/mol. The average Bonchev–Trinajstić information content (AvgIpc) is 4.08. The number of furan rings is 1. The Kier molecular flexibility index (Phi) is 8.57. The van der Waals surface area contributed by atoms with Crippen molar-refractivity contribution in [1.82, 2.24) is 14.5 Å². The quantitative estimate of drug-likeness (QED) is 0.159. The first-order valence-corrected chi connectivity index (χ1v) is 24.1. The summed E-state index contributed by atoms with van der Waals surface area (Å²) in [6.07, 6.45) is 1.66. The molecule has 9 aromatic carbocycles. The number of hydrogen-bond acceptors (Lipinski definition) is 5. The first kappa shape index (κ1) is 40.3. The van der Waals surface area contributed by atoms with Gasteiger partial charge in [0.25, 0.3) is 0 Å². The van der Waals surface area contributed by atoms with Gasteiger partial charge in [0.15, 0.2) is 11.4 Å². The van der Waals surface area contributed by atoms with Crippen LogP contribution in [-0.2, 0) is 10.8 Å². The summed E-state index contributed by atoms with van der Waals surface area (Å²) in [4.78, 5) is 14.6. The highest BCUT2D eigenvalue weighted by Gasteiger charge is 2.37. The van der Waals surface area contributed by atoms with E-state index in [1.165, 1.54) is 44.5 Å². The summed E-state index contributed by atoms with van der Waals surface area (Å²) in [5.41, 5.74) is 21.0. The molecule has 0 N–H and O–H groups in total. The van der Waals surface area contributed by atoms with Crippen molar-refractivity contribution in [1.29, 1.82) is 0 Å². The van der Waals surface area contributed by atoms with E-state index in [2.05, 4.69) is 230 Å². The average molecular weight is 902 g/mol. The molecular formula is C64H47N5O. The summed E-state index contributed by atoms with van der Waals surface area (Å²) in [6, 6.07) is 75.0. The second-order valence-corrected chi connectivity index (χ2v) is 19.9. The molecule has 2 aliphatic carbocycles. The van der Waals surface area contributed by atoms with Crippen molar-refractivity contribution >= 4 is 78.0 Å². The molecule has 0 amide bonds. The molecule has 6 nitrogen and oxygen atoms in total. The third kappa shape index (κ3) is 5.80. The summed E-state index contributed by atoms with van der Waals surface area (Å²) in [6.45, 7) is 9.39. The van der Waals surface area contributed by atoms with Gasteiger partial charge in [-0.2, -0.15) is 0 Å². The van der Waals surface area contributed by atoms with Crippen LogP contribution < -0.4 is 9.80 Å². The summed E-state index contributed by atoms with van der Waals surface area (Å²) in [5, 5.41) is 3.14. The molecule has 0 saturated heterocycles. The number of aromatic nitrogens is 3. The zero-order valence-corrected chi connectivity index (χ0v) is 39.4. The first-order valence-electron chi connectivity index (χ1n) is 24.1. The molecule has 6 heteroatoms. The Morgan fingerprint density at radius 2 is 0.829 bits per heavy atom. The van der Waals surface area contributed by atoms with Gasteiger partial charge in [-0.15, -0.1) is 0 Å². The third-order valence-corrected chi connectivity index (χ3v) is 15.3. The number of benzene rings is 9. The van der Waals surface area contributed by atoms with E-state index in [0.29, 0.717) is 11.4 Å². The largest absolute Gasteiger partial charge is 0.450 e. The van der Waals surface area contributed by atoms with Crippen LogP contribution in [0.4, 0.5) is 34.1 Å². The Hall–Kier alpha value is -8.74. The van der Waals surface area contributed by atoms with Gasteiger partial charge < -0.3 is 14.2 Å². The lowest BCUT2D eigenvalue weighted by atomic mass is 9.82. The second-order valence-electron chi connectivity index (χ2n) is 19.9. The molecular weight excluding hydrogens is 855 g/mol. The normalized spacial score (nSPS) is 13.9. The highest BCUT2D eigenvalue weighted by Crippen LogP contribution is 2.53. The van der Waals surface area contributed by atoms with Crippen molar-refractivity contribution in [2.24, 2.45) is 0 Å². The van der Waals surface area contributed by atoms with Gasteiger partial charge in [0.05, 0.1) is 11.0 Å². The molecule has 0 spiro atoms. The Bertz CT molecular complexity index is 3880. The standard InChI is InChI=1S/C64H47N5O/c1-63(2)53-24-14-11-21-46(53)48-31-27-44(37-55(48)63)67(40-17-7-5-8-18-40)42-29-33-57-51(35-42)52-36-43(30-34-58(52)69(57)62-61-60(65-39-66-62)50-23-13-16-26-59(50)70-61)68(41-19-9-6-10-20-41)45-28-32-49-47-22-12-15-25-54(47)64(3,4)56(49)38-45/h5-39H,1-4H3. The fraction of sp³-hybridized carbons (Fsp3) is 0.0938. The zero-order valence-electron chi connectivity index (χ0n) is 39.4. The Balaban J connectivity index is 1.01. The van der Waals surface area contributed by atoms with Crippen LogP contribution >= 0.6 is 0 Å². The van der Waals surface area contributed by atoms with Crippen LogP contribution in [0.15, 0.2) is 217 Å². The summed E-state index contributed by atoms with van der Waals surface area (Å²) >= 11 is 0. The molecule has 0 fully saturated rings. The van der Waals surface area contributed by atoms with Crippen molar-refractivity contribution in [2.75, 3.05) is 9.80 Å². The zero-order chi connectivity index (χ0) is 46.9. The van der Waals surface area contributed by atoms with Gasteiger partial charge in [0.2, 0.25) is 0 Å². The van der Waals surface area contributed by atoms with E-state index in [0.717, 1.165) is 72.4 Å². The van der Waals surface area contributed by atoms with Crippen molar-refractivity contribution < 1.29 is 4.42 Å². The molecule has 70 heavy (non-hydrogen) atoms. The van der Waals surface area contributed by atoms with Gasteiger partial charge in [-0.25, -0.2) is 9.97 Å². The summed E-state index contributed by atoms with van der Waals surface area (Å²) in [7, 11) is 0. The monoisotopic (exact) mass is 901 g/mol. The fourth-order valence-electron chi connectivity index (χ4n) is 11.9. The highest BCUT2D eigenvalue weighted by molar-refractivity contribution is 6.13. The van der Waals surface area contributed by atoms with E-state index in [1.807, 2.05) is 18.2 Å². The number of para-hydroxylation sites is 3. The topological polar surface area (TPSA) is 50.3 Å². The van der Waals surface area contributed by atoms with Gasteiger partial charge in [-0.1, -0.05) is 137 Å². The van der Waals surface area contributed by atoms with E-state index in [1.54, 1.807) is 6.33 Å². The lowest BCUT2D eigenvalue weighted by Gasteiger charge is -2.28. The Morgan fingerprint density at radius 3 is 1.37 bits per heavy atom. The van der Waals surface area contributed by atoms with Crippen LogP contribution in [0.25, 0.3) is 71.9 Å². The molecule has 0 saturated carbocycles. The maximum absolute atomic E-state index is 6.65. The molecule has 0 unspecified atom stereocenters. The molecule has 334 valence electrons. The number of rotatable bonds is 7. The first-order chi connectivity index (χ1) is 34.2. The van der Waals surface area contributed by atoms with Crippen LogP contribution in [0.5, 0.6) is 0 Å². The van der Waals surface area contributed by atoms with E-state index >= 15 is 0 Å². The maximum atomic E-state index is 6.65. The number of nitrogens with zero attached hydrogens (tertiary/aromatic N) is 5. The maximum Gasteiger partial charge on any atom is 0.197 e. The van der Waals surface area contributed by atoms with Gasteiger partial charge in [-0.05, 0) is 142 Å². The van der Waals surface area contributed by atoms with Crippen molar-refractivity contribution in [3.05, 3.63) is 235 Å². The van der Waals surface area contributed by atoms with Gasteiger partial charge >= 0.3 is 0 Å². The van der Waals surface area contributed by atoms with Crippen LogP contribution in [0.2, 0.25) is 0 Å². The van der Waals surface area contributed by atoms with Crippen molar-refractivity contribution in [2.45, 2.75) is 38.5 Å². The van der Waals surface area contributed by atoms with Gasteiger partial charge in [0.1, 0.15) is 17.4 Å². The predicted octanol–water partition coefficient (Wildman–Crippen LogP) is 17.0. The van der Waals surface area contributed by atoms with Crippen LogP contribution in [0, 0.1) is 0 Å². The lowest BCUT2D eigenvalue weighted by Crippen LogP contribution is -2.16. The van der Waals surface area contributed by atoms with Crippen molar-refractivity contribution in [3.8, 4) is 28.1 Å². The Labute approximate surface area is 406 Å². The third-order valence-electron chi connectivity index (χ3n) is 15.3. The van der Waals surface area contributed by atoms with E-state index in [-0.39, 0.29) is 10.8 Å². The summed E-state index contributed by atoms with van der Waals surface area (Å²) < 4.78 is 8.91. The number of fused-ring (bicyclic) bond motifs is 12. The molecule has 3 heterocycles. The second kappa shape index (κ2) is 14.9. The molecule has 0 radical (unpaired) electrons. The number of hydrogen-bond donors (Lipinski definition) is 0. The summed E-state index contributed by atoms with van der Waals surface area (Å²) in [5.74, 6) is 0.697. The smallest absolute Gasteiger partial charge is 0.197 e. The number of anilines is 6. The van der Waals surface area contributed by atoms with E-state index < -0.39 is 0 Å². The molecule has 0 aliphatic heterocycles. The van der Waals surface area contributed by atoms with Crippen LogP contribution in [-0.4, -0.2) is 14.5 Å². The molecule has 14 rings (SSSR count). The fourth-order valence-corrected chi connectivity index (χ4v) is 11.9. The Morgan fingerprint density at radius 1 is 0.386 bits per heavy atom. The van der Waals surface area contributed by atoms with Gasteiger partial charge in [-0.3, -0.25) is 4.57 Å². The van der Waals surface area contributed by atoms with Crippen molar-refractivity contribution in [3.63, 3.8) is 0 Å². The highest BCUT2D eigenvalue weighted by atomic mass is 16.3.